The summed E-state index contributed by atoms with van der Waals surface area (Å²) in [5.74, 6) is -0.842. The van der Waals surface area contributed by atoms with Crippen LogP contribution < -0.4 is 10.6 Å². The smallest absolute Gasteiger partial charge is 0.269 e. The number of fused-ring (bicyclic) bond motifs is 1. The van der Waals surface area contributed by atoms with E-state index >= 15 is 0 Å². The van der Waals surface area contributed by atoms with Crippen molar-refractivity contribution in [3.05, 3.63) is 99.7 Å². The number of nitro benzene ring substituents is 1. The lowest BCUT2D eigenvalue weighted by molar-refractivity contribution is -0.384. The molecule has 12 nitrogen and oxygen atoms in total. The number of nitrogens with zero attached hydrogens (tertiary/aromatic N) is 4. The Balaban J connectivity index is 1.29. The molecule has 3 amide bonds. The van der Waals surface area contributed by atoms with Gasteiger partial charge in [0.15, 0.2) is 0 Å². The van der Waals surface area contributed by atoms with Crippen LogP contribution in [0.25, 0.3) is 11.3 Å². The van der Waals surface area contributed by atoms with E-state index in [1.54, 1.807) is 12.3 Å². The molecule has 6 rings (SSSR count). The number of nitro groups is 1. The van der Waals surface area contributed by atoms with Gasteiger partial charge in [-0.25, -0.2) is 4.98 Å². The maximum Gasteiger partial charge on any atom is 0.269 e. The highest BCUT2D eigenvalue weighted by molar-refractivity contribution is 6.24. The van der Waals surface area contributed by atoms with Crippen LogP contribution in [0.2, 0.25) is 0 Å². The van der Waals surface area contributed by atoms with Crippen molar-refractivity contribution in [1.29, 1.82) is 0 Å². The summed E-state index contributed by atoms with van der Waals surface area (Å²) in [5.41, 5.74) is 5.29. The minimum Gasteiger partial charge on any atom is -0.343 e. The fourth-order valence-corrected chi connectivity index (χ4v) is 5.90. The Morgan fingerprint density at radius 1 is 1.09 bits per heavy atom. The molecule has 46 heavy (non-hydrogen) atoms. The van der Waals surface area contributed by atoms with Crippen molar-refractivity contribution in [2.45, 2.75) is 44.9 Å². The van der Waals surface area contributed by atoms with Crippen molar-refractivity contribution >= 4 is 46.4 Å². The molecule has 4 aromatic rings. The minimum atomic E-state index is -0.863. The van der Waals surface area contributed by atoms with E-state index in [4.69, 9.17) is 4.99 Å². The third-order valence-corrected chi connectivity index (χ3v) is 8.21. The van der Waals surface area contributed by atoms with Crippen LogP contribution in [-0.2, 0) is 20.8 Å². The highest BCUT2D eigenvalue weighted by Crippen LogP contribution is 2.38. The number of aliphatic imine (C=N–C) groups is 1. The second-order valence-electron chi connectivity index (χ2n) is 11.5. The summed E-state index contributed by atoms with van der Waals surface area (Å²) in [6, 6.07) is 19.5. The van der Waals surface area contributed by atoms with Gasteiger partial charge in [-0.05, 0) is 60.6 Å². The third kappa shape index (κ3) is 6.70. The molecule has 1 unspecified atom stereocenters. The van der Waals surface area contributed by atoms with Crippen LogP contribution in [-0.4, -0.2) is 56.3 Å². The predicted molar refractivity (Wildman–Crippen MR) is 174 cm³/mol. The summed E-state index contributed by atoms with van der Waals surface area (Å²) in [4.78, 5) is 62.1. The van der Waals surface area contributed by atoms with Gasteiger partial charge in [0.2, 0.25) is 23.7 Å². The number of imidazole rings is 1. The van der Waals surface area contributed by atoms with E-state index in [9.17, 15) is 24.5 Å². The highest BCUT2D eigenvalue weighted by Gasteiger charge is 2.36. The number of benzene rings is 3. The molecule has 0 bridgehead atoms. The Hall–Kier alpha value is -5.65. The quantitative estimate of drug-likeness (QED) is 0.116. The van der Waals surface area contributed by atoms with Crippen molar-refractivity contribution in [2.75, 3.05) is 23.7 Å². The maximum absolute atomic E-state index is 13.4. The highest BCUT2D eigenvalue weighted by atomic mass is 16.6. The molecule has 2 aliphatic rings. The number of non-ortho nitro benzene ring substituents is 1. The molecule has 3 heterocycles. The van der Waals surface area contributed by atoms with Crippen LogP contribution in [0.5, 0.6) is 0 Å². The number of carbonyl (C=O) groups is 3. The van der Waals surface area contributed by atoms with Crippen molar-refractivity contribution in [3.8, 4) is 11.3 Å². The normalized spacial score (nSPS) is 16.2. The standard InChI is InChI=1S/C34H33N7O5/c1-21(42)36-34-35-20-29(39-34)23-11-13-25(14-12-23)37-32(31-27-19-26(41(45)46)15-16-28(27)38-33(31)44)24-9-7-22(8-10-24)5-4-18-40-17-3-2-6-30(40)43/h7-16,19-20,31H,2-6,17-18H2,1H3,(H,38,44)(H2,35,36,39,42). The minimum absolute atomic E-state index is 0.107. The van der Waals surface area contributed by atoms with Gasteiger partial charge >= 0.3 is 0 Å². The zero-order valence-corrected chi connectivity index (χ0v) is 25.3. The average molecular weight is 620 g/mol. The van der Waals surface area contributed by atoms with E-state index in [0.717, 1.165) is 49.9 Å². The molecule has 0 saturated carbocycles. The SMILES string of the molecule is CC(=O)Nc1ncc(-c2ccc(N=C(c3ccc(CCCN4CCCCC4=O)cc3)C3C(=O)Nc4ccc([N+](=O)[O-])cc43)cc2)[nH]1. The molecular formula is C34H33N7O5. The lowest BCUT2D eigenvalue weighted by Crippen LogP contribution is -2.36. The molecule has 1 saturated heterocycles. The molecule has 0 aliphatic carbocycles. The number of carbonyl (C=O) groups excluding carboxylic acids is 3. The number of aryl methyl sites for hydroxylation is 1. The Morgan fingerprint density at radius 3 is 2.59 bits per heavy atom. The zero-order valence-electron chi connectivity index (χ0n) is 25.3. The molecule has 1 aromatic heterocycles. The summed E-state index contributed by atoms with van der Waals surface area (Å²) < 4.78 is 0. The number of hydrogen-bond acceptors (Lipinski definition) is 7. The monoisotopic (exact) mass is 619 g/mol. The molecule has 3 N–H and O–H groups in total. The van der Waals surface area contributed by atoms with Crippen LogP contribution in [0.1, 0.15) is 55.2 Å². The number of H-pyrrole nitrogens is 1. The predicted octanol–water partition coefficient (Wildman–Crippen LogP) is 5.75. The molecule has 12 heteroatoms. The fraction of sp³-hybridized carbons (Fsp3) is 0.265. The van der Waals surface area contributed by atoms with Gasteiger partial charge in [-0.1, -0.05) is 36.4 Å². The number of anilines is 2. The van der Waals surface area contributed by atoms with Gasteiger partial charge in [-0.3, -0.25) is 34.8 Å². The van der Waals surface area contributed by atoms with Gasteiger partial charge in [0.05, 0.1) is 28.2 Å². The summed E-state index contributed by atoms with van der Waals surface area (Å²) >= 11 is 0. The van der Waals surface area contributed by atoms with Gasteiger partial charge in [-0.2, -0.15) is 0 Å². The zero-order chi connectivity index (χ0) is 32.2. The van der Waals surface area contributed by atoms with Gasteiger partial charge < -0.3 is 15.2 Å². The summed E-state index contributed by atoms with van der Waals surface area (Å²) in [6.45, 7) is 2.96. The summed E-state index contributed by atoms with van der Waals surface area (Å²) in [6.07, 6.45) is 5.91. The third-order valence-electron chi connectivity index (χ3n) is 8.21. The molecular weight excluding hydrogens is 586 g/mol. The molecule has 1 atom stereocenters. The van der Waals surface area contributed by atoms with Crippen LogP contribution in [0.15, 0.2) is 77.9 Å². The average Bonchev–Trinajstić information content (AvgIpc) is 3.64. The number of amides is 3. The first-order valence-corrected chi connectivity index (χ1v) is 15.2. The van der Waals surface area contributed by atoms with E-state index in [-0.39, 0.29) is 23.4 Å². The molecule has 0 spiro atoms. The molecule has 2 aliphatic heterocycles. The van der Waals surface area contributed by atoms with Crippen LogP contribution in [0.3, 0.4) is 0 Å². The number of nitrogens with one attached hydrogen (secondary N) is 3. The summed E-state index contributed by atoms with van der Waals surface area (Å²) in [5, 5.41) is 17.1. The van der Waals surface area contributed by atoms with Crippen molar-refractivity contribution < 1.29 is 19.3 Å². The van der Waals surface area contributed by atoms with Crippen LogP contribution >= 0.6 is 0 Å². The van der Waals surface area contributed by atoms with Crippen molar-refractivity contribution in [2.24, 2.45) is 4.99 Å². The van der Waals surface area contributed by atoms with Gasteiger partial charge in [0.1, 0.15) is 5.92 Å². The van der Waals surface area contributed by atoms with Crippen LogP contribution in [0.4, 0.5) is 23.0 Å². The fourth-order valence-electron chi connectivity index (χ4n) is 5.90. The first kappa shape index (κ1) is 30.4. The van der Waals surface area contributed by atoms with Gasteiger partial charge in [0.25, 0.3) is 5.69 Å². The molecule has 1 fully saturated rings. The maximum atomic E-state index is 13.4. The second-order valence-corrected chi connectivity index (χ2v) is 11.5. The topological polar surface area (TPSA) is 163 Å². The first-order chi connectivity index (χ1) is 22.2. The largest absolute Gasteiger partial charge is 0.343 e. The Kier molecular flexibility index (Phi) is 8.68. The first-order valence-electron chi connectivity index (χ1n) is 15.2. The molecule has 3 aromatic carbocycles. The second kappa shape index (κ2) is 13.1. The Morgan fingerprint density at radius 2 is 1.87 bits per heavy atom. The van der Waals surface area contributed by atoms with E-state index in [1.807, 2.05) is 53.4 Å². The number of aromatic nitrogens is 2. The lowest BCUT2D eigenvalue weighted by atomic mass is 9.89. The van der Waals surface area contributed by atoms with E-state index in [0.29, 0.717) is 46.3 Å². The summed E-state index contributed by atoms with van der Waals surface area (Å²) in [7, 11) is 0. The van der Waals surface area contributed by atoms with E-state index < -0.39 is 10.8 Å². The van der Waals surface area contributed by atoms with Gasteiger partial charge in [0, 0.05) is 49.8 Å². The van der Waals surface area contributed by atoms with E-state index in [2.05, 4.69) is 20.6 Å². The number of hydrogen-bond donors (Lipinski definition) is 3. The number of aromatic amines is 1. The number of rotatable bonds is 10. The Labute approximate surface area is 265 Å². The van der Waals surface area contributed by atoms with Crippen molar-refractivity contribution in [3.63, 3.8) is 0 Å². The molecule has 0 radical (unpaired) electrons. The molecule has 234 valence electrons. The van der Waals surface area contributed by atoms with Gasteiger partial charge in [-0.15, -0.1) is 0 Å². The number of likely N-dealkylation sites (tertiary alicyclic amines) is 1. The lowest BCUT2D eigenvalue weighted by Gasteiger charge is -2.26. The van der Waals surface area contributed by atoms with Crippen molar-refractivity contribution in [1.82, 2.24) is 14.9 Å². The Bertz CT molecular complexity index is 1830. The van der Waals surface area contributed by atoms with E-state index in [1.165, 1.54) is 19.1 Å². The number of piperidine rings is 1. The van der Waals surface area contributed by atoms with Crippen LogP contribution in [0, 0.1) is 10.1 Å².